The molecule has 0 aliphatic heterocycles. The van der Waals surface area contributed by atoms with Crippen molar-refractivity contribution in [3.8, 4) is 11.5 Å². The summed E-state index contributed by atoms with van der Waals surface area (Å²) in [6, 6.07) is 12.9. The second kappa shape index (κ2) is 11.7. The van der Waals surface area contributed by atoms with E-state index in [9.17, 15) is 14.7 Å². The predicted molar refractivity (Wildman–Crippen MR) is 142 cm³/mol. The Labute approximate surface area is 211 Å². The molecule has 188 valence electrons. The highest BCUT2D eigenvalue weighted by Gasteiger charge is 2.18. The van der Waals surface area contributed by atoms with E-state index in [0.29, 0.717) is 12.1 Å². The minimum absolute atomic E-state index is 0.00244. The van der Waals surface area contributed by atoms with Crippen LogP contribution in [0.25, 0.3) is 17.0 Å². The lowest BCUT2D eigenvalue weighted by Gasteiger charge is -2.21. The third-order valence-corrected chi connectivity index (χ3v) is 6.50. The van der Waals surface area contributed by atoms with E-state index in [0.717, 1.165) is 43.1 Å². The minimum Gasteiger partial charge on any atom is -0.504 e. The van der Waals surface area contributed by atoms with Crippen molar-refractivity contribution < 1.29 is 19.4 Å². The van der Waals surface area contributed by atoms with Crippen LogP contribution in [0.1, 0.15) is 49.4 Å². The van der Waals surface area contributed by atoms with Gasteiger partial charge in [-0.2, -0.15) is 0 Å². The van der Waals surface area contributed by atoms with Gasteiger partial charge in [-0.3, -0.25) is 14.6 Å². The molecule has 4 rings (SSSR count). The molecule has 3 aromatic rings. The Morgan fingerprint density at radius 3 is 2.67 bits per heavy atom. The molecule has 0 unspecified atom stereocenters. The lowest BCUT2D eigenvalue weighted by atomic mass is 9.92. The largest absolute Gasteiger partial charge is 0.504 e. The van der Waals surface area contributed by atoms with E-state index in [-0.39, 0.29) is 22.9 Å². The number of carbonyl (C=O) groups is 2. The first kappa shape index (κ1) is 25.2. The topological polar surface area (TPSA) is 101 Å². The number of Topliss-reactive ketones (excluding diaryl/α,β-unsaturated/α-hetero) is 1. The summed E-state index contributed by atoms with van der Waals surface area (Å²) in [5, 5.41) is 17.4. The molecule has 3 N–H and O–H groups in total. The van der Waals surface area contributed by atoms with Crippen LogP contribution in [-0.2, 0) is 22.4 Å². The summed E-state index contributed by atoms with van der Waals surface area (Å²) in [5.41, 5.74) is 5.45. The van der Waals surface area contributed by atoms with Gasteiger partial charge in [0.2, 0.25) is 0 Å². The molecule has 1 amide bonds. The molecule has 0 spiro atoms. The number of aromatic nitrogens is 1. The second-order valence-electron chi connectivity index (χ2n) is 9.07. The molecular formula is C29H33N3O4. The van der Waals surface area contributed by atoms with Crippen LogP contribution in [0.2, 0.25) is 0 Å². The summed E-state index contributed by atoms with van der Waals surface area (Å²) in [6.07, 6.45) is 7.63. The van der Waals surface area contributed by atoms with Crippen molar-refractivity contribution in [1.29, 1.82) is 0 Å². The zero-order valence-corrected chi connectivity index (χ0v) is 20.9. The summed E-state index contributed by atoms with van der Waals surface area (Å²) in [7, 11) is 1.45. The number of nitrogens with zero attached hydrogens (tertiary/aromatic N) is 1. The van der Waals surface area contributed by atoms with E-state index in [1.54, 1.807) is 12.1 Å². The number of nitrogens with one attached hydrogen (secondary N) is 2. The average Bonchev–Trinajstić information content (AvgIpc) is 2.89. The third-order valence-electron chi connectivity index (χ3n) is 6.50. The fraction of sp³-hybridized carbons (Fsp3) is 0.345. The van der Waals surface area contributed by atoms with Crippen molar-refractivity contribution in [1.82, 2.24) is 10.3 Å². The summed E-state index contributed by atoms with van der Waals surface area (Å²) in [5.74, 6) is -0.451. The van der Waals surface area contributed by atoms with Crippen LogP contribution in [0.15, 0.2) is 48.0 Å². The number of anilines is 1. The fourth-order valence-corrected chi connectivity index (χ4v) is 4.61. The molecule has 7 nitrogen and oxygen atoms in total. The monoisotopic (exact) mass is 487 g/mol. The first-order valence-corrected chi connectivity index (χ1v) is 12.5. The number of hydrogen-bond acceptors (Lipinski definition) is 6. The van der Waals surface area contributed by atoms with Crippen LogP contribution in [0.4, 0.5) is 5.69 Å². The maximum absolute atomic E-state index is 12.7. The first-order chi connectivity index (χ1) is 17.5. The number of amides is 1. The molecule has 1 heterocycles. The van der Waals surface area contributed by atoms with Gasteiger partial charge in [0.15, 0.2) is 17.3 Å². The maximum atomic E-state index is 12.7. The number of pyridine rings is 1. The molecule has 0 radical (unpaired) electrons. The number of ketones is 1. The summed E-state index contributed by atoms with van der Waals surface area (Å²) in [4.78, 5) is 29.7. The Morgan fingerprint density at radius 2 is 1.86 bits per heavy atom. The van der Waals surface area contributed by atoms with Gasteiger partial charge in [-0.15, -0.1) is 0 Å². The number of unbranched alkanes of at least 4 members (excludes halogenated alkanes) is 1. The van der Waals surface area contributed by atoms with Crippen LogP contribution in [0.3, 0.4) is 0 Å². The number of hydrogen-bond donors (Lipinski definition) is 3. The van der Waals surface area contributed by atoms with E-state index >= 15 is 0 Å². The smallest absolute Gasteiger partial charge is 0.254 e. The number of aryl methyl sites for hydroxylation is 1. The molecule has 7 heteroatoms. The number of para-hydroxylation sites is 1. The molecule has 0 fully saturated rings. The van der Waals surface area contributed by atoms with Gasteiger partial charge in [-0.1, -0.05) is 24.3 Å². The van der Waals surface area contributed by atoms with E-state index in [1.807, 2.05) is 12.1 Å². The number of aromatic hydroxyl groups is 1. The number of phenols is 1. The van der Waals surface area contributed by atoms with Crippen LogP contribution in [0.5, 0.6) is 11.5 Å². The predicted octanol–water partition coefficient (Wildman–Crippen LogP) is 4.81. The number of rotatable bonds is 10. The quantitative estimate of drug-likeness (QED) is 0.164. The Morgan fingerprint density at radius 1 is 1.08 bits per heavy atom. The number of carbonyl (C=O) groups excluding carboxylic acids is 2. The van der Waals surface area contributed by atoms with Crippen molar-refractivity contribution in [3.05, 3.63) is 64.9 Å². The molecule has 36 heavy (non-hydrogen) atoms. The zero-order chi connectivity index (χ0) is 25.5. The molecule has 0 atom stereocenters. The summed E-state index contributed by atoms with van der Waals surface area (Å²) >= 11 is 0. The van der Waals surface area contributed by atoms with Crippen LogP contribution in [-0.4, -0.2) is 42.0 Å². The lowest BCUT2D eigenvalue weighted by molar-refractivity contribution is -0.121. The molecule has 0 bridgehead atoms. The normalized spacial score (nSPS) is 13.2. The number of methoxy groups -OCH3 is 1. The van der Waals surface area contributed by atoms with Gasteiger partial charge < -0.3 is 20.5 Å². The highest BCUT2D eigenvalue weighted by Crippen LogP contribution is 2.33. The first-order valence-electron chi connectivity index (χ1n) is 12.5. The molecule has 1 aliphatic rings. The molecule has 2 aromatic carbocycles. The van der Waals surface area contributed by atoms with E-state index in [1.165, 1.54) is 56.0 Å². The minimum atomic E-state index is -0.406. The fourth-order valence-electron chi connectivity index (χ4n) is 4.61. The number of ether oxygens (including phenoxy) is 1. The molecule has 0 saturated carbocycles. The van der Waals surface area contributed by atoms with Crippen LogP contribution in [0, 0.1) is 0 Å². The van der Waals surface area contributed by atoms with Crippen molar-refractivity contribution >= 4 is 34.4 Å². The Balaban J connectivity index is 1.32. The lowest BCUT2D eigenvalue weighted by Crippen LogP contribution is -2.28. The van der Waals surface area contributed by atoms with E-state index in [4.69, 9.17) is 9.72 Å². The Kier molecular flexibility index (Phi) is 8.21. The molecule has 1 aromatic heterocycles. The number of phenolic OH excluding ortho intramolecular Hbond substituents is 1. The van der Waals surface area contributed by atoms with Crippen molar-refractivity contribution in [3.63, 3.8) is 0 Å². The van der Waals surface area contributed by atoms with E-state index in [2.05, 4.69) is 22.8 Å². The van der Waals surface area contributed by atoms with E-state index < -0.39 is 5.91 Å². The molecule has 1 aliphatic carbocycles. The van der Waals surface area contributed by atoms with Gasteiger partial charge in [0.25, 0.3) is 5.91 Å². The molecular weight excluding hydrogens is 454 g/mol. The van der Waals surface area contributed by atoms with Crippen LogP contribution < -0.4 is 15.4 Å². The average molecular weight is 488 g/mol. The van der Waals surface area contributed by atoms with Gasteiger partial charge >= 0.3 is 0 Å². The van der Waals surface area contributed by atoms with Gasteiger partial charge in [0, 0.05) is 29.9 Å². The standard InChI is InChI=1S/C29H33N3O4/c1-19(33)23(17-20-13-14-26(34)27(18-20)36-2)29(35)31-16-8-7-15-30-28-21-9-3-5-11-24(21)32-25-12-6-4-10-22(25)28/h3,5,9,11,13-14,17-18,34H,4,6-8,10,12,15-16H2,1-2H3,(H,30,32)(H,31,35)/b23-17+. The van der Waals surface area contributed by atoms with Gasteiger partial charge in [-0.05, 0) is 80.9 Å². The van der Waals surface area contributed by atoms with Gasteiger partial charge in [-0.25, -0.2) is 0 Å². The third kappa shape index (κ3) is 5.85. The van der Waals surface area contributed by atoms with Gasteiger partial charge in [0.05, 0.1) is 18.2 Å². The summed E-state index contributed by atoms with van der Waals surface area (Å²) in [6.45, 7) is 2.63. The van der Waals surface area contributed by atoms with Gasteiger partial charge in [0.1, 0.15) is 0 Å². The highest BCUT2D eigenvalue weighted by atomic mass is 16.5. The van der Waals surface area contributed by atoms with Crippen molar-refractivity contribution in [2.45, 2.75) is 45.4 Å². The Bertz CT molecular complexity index is 1300. The molecule has 0 saturated heterocycles. The van der Waals surface area contributed by atoms with Crippen molar-refractivity contribution in [2.24, 2.45) is 0 Å². The van der Waals surface area contributed by atoms with Crippen molar-refractivity contribution in [2.75, 3.05) is 25.5 Å². The Hall–Kier alpha value is -3.87. The SMILES string of the molecule is COc1cc(/C=C(\C(C)=O)C(=O)NCCCCNc2c3c(nc4ccccc24)CCCC3)ccc1O. The second-order valence-corrected chi connectivity index (χ2v) is 9.07. The number of benzene rings is 2. The highest BCUT2D eigenvalue weighted by molar-refractivity contribution is 6.21. The van der Waals surface area contributed by atoms with Crippen LogP contribution >= 0.6 is 0 Å². The number of fused-ring (bicyclic) bond motifs is 2. The summed E-state index contributed by atoms with van der Waals surface area (Å²) < 4.78 is 5.10. The maximum Gasteiger partial charge on any atom is 0.254 e. The zero-order valence-electron chi connectivity index (χ0n) is 20.9.